The molecular weight excluding hydrogens is 316 g/mol. The fourth-order valence-electron chi connectivity index (χ4n) is 2.67. The van der Waals surface area contributed by atoms with Crippen LogP contribution < -0.4 is 5.32 Å². The van der Waals surface area contributed by atoms with Crippen LogP contribution in [0.1, 0.15) is 47.3 Å². The highest BCUT2D eigenvalue weighted by molar-refractivity contribution is 5.98. The fourth-order valence-corrected chi connectivity index (χ4v) is 2.67. The van der Waals surface area contributed by atoms with Crippen LogP contribution in [0.4, 0.5) is 0 Å². The first-order valence-corrected chi connectivity index (χ1v) is 8.42. The number of benzene rings is 1. The minimum absolute atomic E-state index is 0.129. The summed E-state index contributed by atoms with van der Waals surface area (Å²) in [5.41, 5.74) is 1.71. The van der Waals surface area contributed by atoms with Crippen LogP contribution in [0.3, 0.4) is 0 Å². The molecule has 1 aromatic heterocycles. The van der Waals surface area contributed by atoms with E-state index in [9.17, 15) is 9.59 Å². The molecule has 1 atom stereocenters. The molecule has 0 aliphatic carbocycles. The minimum atomic E-state index is -0.741. The molecule has 132 valence electrons. The topological polar surface area (TPSA) is 75.2 Å². The summed E-state index contributed by atoms with van der Waals surface area (Å²) in [7, 11) is 0. The van der Waals surface area contributed by atoms with E-state index in [0.717, 1.165) is 5.56 Å². The maximum absolute atomic E-state index is 12.9. The van der Waals surface area contributed by atoms with Crippen molar-refractivity contribution in [2.75, 3.05) is 13.1 Å². The van der Waals surface area contributed by atoms with E-state index in [1.54, 1.807) is 18.7 Å². The second-order valence-corrected chi connectivity index (χ2v) is 5.74. The number of aryl methyl sites for hydroxylation is 2. The van der Waals surface area contributed by atoms with Gasteiger partial charge in [-0.25, -0.2) is 9.97 Å². The van der Waals surface area contributed by atoms with Crippen LogP contribution in [0.5, 0.6) is 0 Å². The molecule has 1 N–H and O–H groups in total. The summed E-state index contributed by atoms with van der Waals surface area (Å²) in [6, 6.07) is 8.51. The third kappa shape index (κ3) is 4.41. The summed E-state index contributed by atoms with van der Waals surface area (Å²) >= 11 is 0. The molecular formula is C19H24N4O2. The number of hydrogen-bond donors (Lipinski definition) is 1. The van der Waals surface area contributed by atoms with Crippen LogP contribution in [-0.2, 0) is 4.79 Å². The monoisotopic (exact) mass is 340 g/mol. The van der Waals surface area contributed by atoms with Gasteiger partial charge in [0.25, 0.3) is 5.91 Å². The van der Waals surface area contributed by atoms with Gasteiger partial charge < -0.3 is 10.2 Å². The summed E-state index contributed by atoms with van der Waals surface area (Å²) in [5.74, 6) is 0.120. The fraction of sp³-hybridized carbons (Fsp3) is 0.368. The van der Waals surface area contributed by atoms with Crippen molar-refractivity contribution >= 4 is 11.8 Å². The molecule has 6 nitrogen and oxygen atoms in total. The first-order valence-electron chi connectivity index (χ1n) is 8.42. The summed E-state index contributed by atoms with van der Waals surface area (Å²) in [5, 5.41) is 2.85. The van der Waals surface area contributed by atoms with Crippen molar-refractivity contribution in [2.24, 2.45) is 0 Å². The number of hydrogen-bond acceptors (Lipinski definition) is 4. The van der Waals surface area contributed by atoms with Gasteiger partial charge in [0, 0.05) is 19.3 Å². The quantitative estimate of drug-likeness (QED) is 0.876. The Kier molecular flexibility index (Phi) is 6.22. The number of nitrogens with zero attached hydrogens (tertiary/aromatic N) is 3. The standard InChI is InChI=1S/C19H24N4O2/c1-5-23(6-2)19(25)17(15-10-8-7-9-11-15)22-18(24)16-12-20-14(4)21-13(16)3/h7-12,17H,5-6H2,1-4H3,(H,22,24)/t17-/m0/s1. The SMILES string of the molecule is CCN(CC)C(=O)[C@@H](NC(=O)c1cnc(C)nc1C)c1ccccc1. The number of likely N-dealkylation sites (N-methyl/N-ethyl adjacent to an activating group) is 1. The lowest BCUT2D eigenvalue weighted by Crippen LogP contribution is -2.43. The van der Waals surface area contributed by atoms with Gasteiger partial charge in [0.05, 0.1) is 11.3 Å². The van der Waals surface area contributed by atoms with E-state index >= 15 is 0 Å². The number of aromatic nitrogens is 2. The summed E-state index contributed by atoms with van der Waals surface area (Å²) in [6.45, 7) is 8.54. The molecule has 1 heterocycles. The van der Waals surface area contributed by atoms with Crippen LogP contribution in [0, 0.1) is 13.8 Å². The molecule has 0 fully saturated rings. The summed E-state index contributed by atoms with van der Waals surface area (Å²) in [4.78, 5) is 35.6. The van der Waals surface area contributed by atoms with Gasteiger partial charge in [0.2, 0.25) is 5.91 Å². The zero-order chi connectivity index (χ0) is 18.4. The van der Waals surface area contributed by atoms with E-state index in [0.29, 0.717) is 30.2 Å². The van der Waals surface area contributed by atoms with Gasteiger partial charge in [-0.15, -0.1) is 0 Å². The van der Waals surface area contributed by atoms with Crippen LogP contribution in [0.25, 0.3) is 0 Å². The lowest BCUT2D eigenvalue weighted by Gasteiger charge is -2.26. The number of carbonyl (C=O) groups is 2. The lowest BCUT2D eigenvalue weighted by atomic mass is 10.0. The van der Waals surface area contributed by atoms with Crippen molar-refractivity contribution in [1.82, 2.24) is 20.2 Å². The van der Waals surface area contributed by atoms with Crippen molar-refractivity contribution in [1.29, 1.82) is 0 Å². The molecule has 2 amide bonds. The summed E-state index contributed by atoms with van der Waals surface area (Å²) in [6.07, 6.45) is 1.50. The Morgan fingerprint density at radius 3 is 2.32 bits per heavy atom. The number of nitrogens with one attached hydrogen (secondary N) is 1. The van der Waals surface area contributed by atoms with Gasteiger partial charge in [0.15, 0.2) is 0 Å². The van der Waals surface area contributed by atoms with Crippen molar-refractivity contribution in [2.45, 2.75) is 33.7 Å². The Hall–Kier alpha value is -2.76. The predicted octanol–water partition coefficient (Wildman–Crippen LogP) is 2.43. The van der Waals surface area contributed by atoms with Crippen LogP contribution in [-0.4, -0.2) is 39.8 Å². The average molecular weight is 340 g/mol. The second kappa shape index (κ2) is 8.37. The Bertz CT molecular complexity index is 742. The Balaban J connectivity index is 2.33. The number of rotatable bonds is 6. The molecule has 25 heavy (non-hydrogen) atoms. The molecule has 0 unspecified atom stereocenters. The third-order valence-electron chi connectivity index (χ3n) is 4.07. The van der Waals surface area contributed by atoms with E-state index in [2.05, 4.69) is 15.3 Å². The molecule has 0 aliphatic rings. The average Bonchev–Trinajstić information content (AvgIpc) is 2.61. The van der Waals surface area contributed by atoms with Gasteiger partial charge in [0.1, 0.15) is 11.9 Å². The highest BCUT2D eigenvalue weighted by Gasteiger charge is 2.27. The van der Waals surface area contributed by atoms with Gasteiger partial charge in [-0.3, -0.25) is 9.59 Å². The van der Waals surface area contributed by atoms with E-state index < -0.39 is 6.04 Å². The molecule has 0 saturated heterocycles. The molecule has 2 aromatic rings. The Morgan fingerprint density at radius 1 is 1.12 bits per heavy atom. The smallest absolute Gasteiger partial charge is 0.255 e. The van der Waals surface area contributed by atoms with Gasteiger partial charge in [-0.1, -0.05) is 30.3 Å². The van der Waals surface area contributed by atoms with Crippen molar-refractivity contribution < 1.29 is 9.59 Å². The van der Waals surface area contributed by atoms with Crippen molar-refractivity contribution in [3.8, 4) is 0 Å². The van der Waals surface area contributed by atoms with E-state index in [-0.39, 0.29) is 11.8 Å². The normalized spacial score (nSPS) is 11.7. The molecule has 0 spiro atoms. The molecule has 2 rings (SSSR count). The number of carbonyl (C=O) groups excluding carboxylic acids is 2. The molecule has 0 saturated carbocycles. The Labute approximate surface area is 148 Å². The zero-order valence-corrected chi connectivity index (χ0v) is 15.1. The molecule has 0 bridgehead atoms. The molecule has 6 heteroatoms. The van der Waals surface area contributed by atoms with Crippen LogP contribution in [0.15, 0.2) is 36.5 Å². The van der Waals surface area contributed by atoms with E-state index in [4.69, 9.17) is 0 Å². The van der Waals surface area contributed by atoms with Crippen molar-refractivity contribution in [3.63, 3.8) is 0 Å². The lowest BCUT2D eigenvalue weighted by molar-refractivity contribution is -0.133. The minimum Gasteiger partial charge on any atom is -0.341 e. The molecule has 0 radical (unpaired) electrons. The largest absolute Gasteiger partial charge is 0.341 e. The summed E-state index contributed by atoms with van der Waals surface area (Å²) < 4.78 is 0. The highest BCUT2D eigenvalue weighted by atomic mass is 16.2. The first-order chi connectivity index (χ1) is 12.0. The predicted molar refractivity (Wildman–Crippen MR) is 96.1 cm³/mol. The molecule has 1 aromatic carbocycles. The van der Waals surface area contributed by atoms with E-state index in [1.807, 2.05) is 44.2 Å². The molecule has 0 aliphatic heterocycles. The van der Waals surface area contributed by atoms with Crippen LogP contribution >= 0.6 is 0 Å². The van der Waals surface area contributed by atoms with E-state index in [1.165, 1.54) is 6.20 Å². The van der Waals surface area contributed by atoms with Crippen LogP contribution in [0.2, 0.25) is 0 Å². The number of amides is 2. The zero-order valence-electron chi connectivity index (χ0n) is 15.1. The first kappa shape index (κ1) is 18.6. The van der Waals surface area contributed by atoms with Crippen molar-refractivity contribution in [3.05, 3.63) is 59.2 Å². The second-order valence-electron chi connectivity index (χ2n) is 5.74. The Morgan fingerprint density at radius 2 is 1.76 bits per heavy atom. The maximum atomic E-state index is 12.9. The highest BCUT2D eigenvalue weighted by Crippen LogP contribution is 2.17. The maximum Gasteiger partial charge on any atom is 0.255 e. The van der Waals surface area contributed by atoms with Gasteiger partial charge in [-0.05, 0) is 33.3 Å². The van der Waals surface area contributed by atoms with Gasteiger partial charge >= 0.3 is 0 Å². The van der Waals surface area contributed by atoms with Gasteiger partial charge in [-0.2, -0.15) is 0 Å². The third-order valence-corrected chi connectivity index (χ3v) is 4.07.